The lowest BCUT2D eigenvalue weighted by atomic mass is 9.89. The van der Waals surface area contributed by atoms with Gasteiger partial charge in [-0.05, 0) is 47.7 Å². The highest BCUT2D eigenvalue weighted by Gasteiger charge is 2.44. The second-order valence-electron chi connectivity index (χ2n) is 8.52. The Hall–Kier alpha value is -2.04. The van der Waals surface area contributed by atoms with E-state index < -0.39 is 43.2 Å². The fraction of sp³-hybridized carbons (Fsp3) is 0.500. The molecule has 0 radical (unpaired) electrons. The molecule has 2 aromatic carbocycles. The van der Waals surface area contributed by atoms with Gasteiger partial charge in [-0.2, -0.15) is 0 Å². The first-order chi connectivity index (χ1) is 15.4. The summed E-state index contributed by atoms with van der Waals surface area (Å²) >= 11 is 0. The van der Waals surface area contributed by atoms with Crippen molar-refractivity contribution in [1.82, 2.24) is 0 Å². The number of hydrogen-bond acceptors (Lipinski definition) is 8. The molecule has 32 heavy (non-hydrogen) atoms. The zero-order valence-corrected chi connectivity index (χ0v) is 17.9. The van der Waals surface area contributed by atoms with Crippen molar-refractivity contribution in [2.75, 3.05) is 19.8 Å². The van der Waals surface area contributed by atoms with Gasteiger partial charge in [0.05, 0.1) is 19.8 Å². The Bertz CT molecular complexity index is 899. The van der Waals surface area contributed by atoms with Crippen molar-refractivity contribution in [2.24, 2.45) is 0 Å². The number of hydrogen-bond donors (Lipinski definition) is 5. The Morgan fingerprint density at radius 3 is 2.34 bits per heavy atom. The molecule has 0 aromatic heterocycles. The molecule has 5 N–H and O–H groups in total. The van der Waals surface area contributed by atoms with Crippen LogP contribution in [0.3, 0.4) is 0 Å². The van der Waals surface area contributed by atoms with Crippen molar-refractivity contribution >= 4 is 0 Å². The van der Waals surface area contributed by atoms with Gasteiger partial charge >= 0.3 is 0 Å². The first kappa shape index (κ1) is 23.1. The van der Waals surface area contributed by atoms with Crippen LogP contribution in [0.2, 0.25) is 0 Å². The number of benzene rings is 2. The highest BCUT2D eigenvalue weighted by Crippen LogP contribution is 2.33. The maximum atomic E-state index is 10.4. The number of aryl methyl sites for hydroxylation is 1. The summed E-state index contributed by atoms with van der Waals surface area (Å²) in [7, 11) is 0. The first-order valence-corrected chi connectivity index (χ1v) is 10.8. The maximum Gasteiger partial charge on any atom is 0.150 e. The number of aliphatic hydroxyl groups is 5. The Morgan fingerprint density at radius 2 is 1.69 bits per heavy atom. The largest absolute Gasteiger partial charge is 0.485 e. The van der Waals surface area contributed by atoms with E-state index >= 15 is 0 Å². The number of ether oxygens (including phenoxy) is 3. The van der Waals surface area contributed by atoms with Gasteiger partial charge in [0.25, 0.3) is 0 Å². The Labute approximate surface area is 186 Å². The fourth-order valence-corrected chi connectivity index (χ4v) is 4.15. The van der Waals surface area contributed by atoms with Gasteiger partial charge in [0.1, 0.15) is 48.5 Å². The van der Waals surface area contributed by atoms with Crippen molar-refractivity contribution in [1.29, 1.82) is 0 Å². The molecule has 2 heterocycles. The maximum absolute atomic E-state index is 10.4. The molecule has 7 atom stereocenters. The molecule has 2 aromatic rings. The Kier molecular flexibility index (Phi) is 7.11. The van der Waals surface area contributed by atoms with Crippen molar-refractivity contribution in [2.45, 2.75) is 56.1 Å². The van der Waals surface area contributed by atoms with Crippen LogP contribution in [0.4, 0.5) is 0 Å². The molecular formula is C24H30O8. The summed E-state index contributed by atoms with van der Waals surface area (Å²) in [5.74, 6) is 0.662. The van der Waals surface area contributed by atoms with Gasteiger partial charge in [0, 0.05) is 0 Å². The van der Waals surface area contributed by atoms with Crippen molar-refractivity contribution in [3.8, 4) is 5.75 Å². The van der Waals surface area contributed by atoms with Gasteiger partial charge in [-0.25, -0.2) is 0 Å². The topological polar surface area (TPSA) is 129 Å². The van der Waals surface area contributed by atoms with Crippen molar-refractivity contribution in [3.63, 3.8) is 0 Å². The third-order valence-electron chi connectivity index (χ3n) is 6.20. The van der Waals surface area contributed by atoms with E-state index in [1.165, 1.54) is 0 Å². The summed E-state index contributed by atoms with van der Waals surface area (Å²) in [5.41, 5.74) is 3.80. The van der Waals surface area contributed by atoms with Gasteiger partial charge in [-0.3, -0.25) is 0 Å². The highest BCUT2D eigenvalue weighted by atomic mass is 16.6. The van der Waals surface area contributed by atoms with E-state index in [-0.39, 0.29) is 12.7 Å². The molecule has 0 amide bonds. The molecule has 4 rings (SSSR count). The van der Waals surface area contributed by atoms with Crippen LogP contribution in [-0.4, -0.2) is 82.0 Å². The van der Waals surface area contributed by atoms with Gasteiger partial charge in [0.15, 0.2) is 0 Å². The molecule has 8 nitrogen and oxygen atoms in total. The van der Waals surface area contributed by atoms with Crippen LogP contribution in [0, 0.1) is 6.92 Å². The van der Waals surface area contributed by atoms with Crippen LogP contribution >= 0.6 is 0 Å². The summed E-state index contributed by atoms with van der Waals surface area (Å²) in [5, 5.41) is 49.8. The van der Waals surface area contributed by atoms with Crippen LogP contribution in [0.1, 0.15) is 28.4 Å². The average Bonchev–Trinajstić information content (AvgIpc) is 3.19. The quantitative estimate of drug-likeness (QED) is 0.427. The predicted octanol–water partition coefficient (Wildman–Crippen LogP) is 0.239. The lowest BCUT2D eigenvalue weighted by molar-refractivity contribution is -0.231. The minimum Gasteiger partial charge on any atom is -0.485 e. The van der Waals surface area contributed by atoms with E-state index in [4.69, 9.17) is 14.2 Å². The van der Waals surface area contributed by atoms with Crippen LogP contribution in [0.5, 0.6) is 5.75 Å². The van der Waals surface area contributed by atoms with Gasteiger partial charge in [0.2, 0.25) is 0 Å². The second kappa shape index (κ2) is 9.84. The van der Waals surface area contributed by atoms with Gasteiger partial charge in [-0.1, -0.05) is 30.3 Å². The molecule has 2 aliphatic heterocycles. The lowest BCUT2D eigenvalue weighted by Gasteiger charge is -2.40. The number of rotatable bonds is 6. The molecule has 0 spiro atoms. The molecule has 2 fully saturated rings. The Balaban J connectivity index is 1.48. The molecule has 2 saturated heterocycles. The summed E-state index contributed by atoms with van der Waals surface area (Å²) in [6.45, 7) is 2.18. The zero-order chi connectivity index (χ0) is 22.8. The van der Waals surface area contributed by atoms with Crippen LogP contribution in [0.15, 0.2) is 42.5 Å². The summed E-state index contributed by atoms with van der Waals surface area (Å²) in [4.78, 5) is 0. The van der Waals surface area contributed by atoms with E-state index in [1.807, 2.05) is 49.4 Å². The van der Waals surface area contributed by atoms with Crippen LogP contribution in [-0.2, 0) is 15.9 Å². The molecule has 0 bridgehead atoms. The molecule has 0 unspecified atom stereocenters. The molecular weight excluding hydrogens is 416 g/mol. The van der Waals surface area contributed by atoms with Crippen LogP contribution < -0.4 is 4.74 Å². The van der Waals surface area contributed by atoms with Crippen LogP contribution in [0.25, 0.3) is 0 Å². The lowest BCUT2D eigenvalue weighted by Crippen LogP contribution is -2.55. The minimum atomic E-state index is -1.41. The van der Waals surface area contributed by atoms with E-state index in [2.05, 4.69) is 0 Å². The van der Waals surface area contributed by atoms with E-state index in [0.717, 1.165) is 16.7 Å². The SMILES string of the molecule is Cc1ccc([C@@H]2O[C@H](CO)[C@@H](O)[C@H](O)[C@H]2O)cc1Cc1ccc(O[C@H]2COC[C@@H]2O)cc1. The Morgan fingerprint density at radius 1 is 0.938 bits per heavy atom. The fourth-order valence-electron chi connectivity index (χ4n) is 4.15. The van der Waals surface area contributed by atoms with E-state index in [0.29, 0.717) is 24.3 Å². The van der Waals surface area contributed by atoms with Crippen molar-refractivity contribution < 1.29 is 39.7 Å². The summed E-state index contributed by atoms with van der Waals surface area (Å²) in [6.07, 6.45) is -6.26. The summed E-state index contributed by atoms with van der Waals surface area (Å²) < 4.78 is 16.7. The first-order valence-electron chi connectivity index (χ1n) is 10.8. The normalized spacial score (nSPS) is 32.8. The molecule has 8 heteroatoms. The minimum absolute atomic E-state index is 0.285. The zero-order valence-electron chi connectivity index (χ0n) is 17.9. The highest BCUT2D eigenvalue weighted by molar-refractivity contribution is 5.38. The van der Waals surface area contributed by atoms with Gasteiger partial charge < -0.3 is 39.7 Å². The third-order valence-corrected chi connectivity index (χ3v) is 6.20. The third kappa shape index (κ3) is 4.82. The average molecular weight is 446 g/mol. The summed E-state index contributed by atoms with van der Waals surface area (Å²) in [6, 6.07) is 13.3. The van der Waals surface area contributed by atoms with Gasteiger partial charge in [-0.15, -0.1) is 0 Å². The molecule has 0 aliphatic carbocycles. The molecule has 2 aliphatic rings. The second-order valence-corrected chi connectivity index (χ2v) is 8.52. The standard InChI is InChI=1S/C24H30O8/c1-13-2-5-15(24-23(29)22(28)21(27)19(10-25)32-24)9-16(13)8-14-3-6-17(7-4-14)31-20-12-30-11-18(20)26/h2-7,9,18-29H,8,10-12H2,1H3/t18-,19+,20-,21+,22-,23+,24-/m0/s1. The molecule has 174 valence electrons. The van der Waals surface area contributed by atoms with Crippen molar-refractivity contribution in [3.05, 3.63) is 64.7 Å². The van der Waals surface area contributed by atoms with E-state index in [1.54, 1.807) is 0 Å². The molecule has 0 saturated carbocycles. The predicted molar refractivity (Wildman–Crippen MR) is 114 cm³/mol. The van der Waals surface area contributed by atoms with E-state index in [9.17, 15) is 25.5 Å². The smallest absolute Gasteiger partial charge is 0.150 e. The number of aliphatic hydroxyl groups excluding tert-OH is 5. The monoisotopic (exact) mass is 446 g/mol.